The van der Waals surface area contributed by atoms with Crippen LogP contribution in [0.15, 0.2) is 36.5 Å². The highest BCUT2D eigenvalue weighted by Crippen LogP contribution is 2.17. The average molecular weight is 258 g/mol. The lowest BCUT2D eigenvalue weighted by Gasteiger charge is -2.26. The Morgan fingerprint density at radius 2 is 2.05 bits per heavy atom. The van der Waals surface area contributed by atoms with Crippen LogP contribution in [-0.2, 0) is 4.74 Å². The largest absolute Gasteiger partial charge is 0.491 e. The third kappa shape index (κ3) is 3.22. The van der Waals surface area contributed by atoms with E-state index in [1.54, 1.807) is 6.20 Å². The van der Waals surface area contributed by atoms with Gasteiger partial charge in [-0.25, -0.2) is 0 Å². The predicted molar refractivity (Wildman–Crippen MR) is 74.5 cm³/mol. The van der Waals surface area contributed by atoms with E-state index in [9.17, 15) is 0 Å². The molecule has 0 spiro atoms. The summed E-state index contributed by atoms with van der Waals surface area (Å²) in [5.41, 5.74) is 1.00. The normalized spacial score (nSPS) is 16.6. The molecule has 0 N–H and O–H groups in total. The highest BCUT2D eigenvalue weighted by molar-refractivity contribution is 5.79. The topological polar surface area (TPSA) is 34.6 Å². The molecule has 0 aliphatic carbocycles. The number of fused-ring (bicyclic) bond motifs is 1. The fraction of sp³-hybridized carbons (Fsp3) is 0.400. The van der Waals surface area contributed by atoms with Crippen LogP contribution in [0.5, 0.6) is 5.75 Å². The van der Waals surface area contributed by atoms with Gasteiger partial charge in [0.2, 0.25) is 0 Å². The van der Waals surface area contributed by atoms with E-state index >= 15 is 0 Å². The van der Waals surface area contributed by atoms with Crippen LogP contribution >= 0.6 is 0 Å². The minimum atomic E-state index is 0.694. The molecule has 100 valence electrons. The average Bonchev–Trinajstić information content (AvgIpc) is 2.48. The Labute approximate surface area is 113 Å². The molecule has 0 atom stereocenters. The van der Waals surface area contributed by atoms with Crippen molar-refractivity contribution in [2.45, 2.75) is 0 Å². The third-order valence-electron chi connectivity index (χ3n) is 3.35. The summed E-state index contributed by atoms with van der Waals surface area (Å²) >= 11 is 0. The lowest BCUT2D eigenvalue weighted by Crippen LogP contribution is -2.38. The van der Waals surface area contributed by atoms with Crippen molar-refractivity contribution < 1.29 is 9.47 Å². The summed E-state index contributed by atoms with van der Waals surface area (Å²) in [5, 5.41) is 1.12. The molecule has 1 aromatic heterocycles. The van der Waals surface area contributed by atoms with Gasteiger partial charge in [-0.05, 0) is 12.1 Å². The zero-order chi connectivity index (χ0) is 12.9. The van der Waals surface area contributed by atoms with Gasteiger partial charge >= 0.3 is 0 Å². The van der Waals surface area contributed by atoms with Crippen LogP contribution < -0.4 is 4.74 Å². The van der Waals surface area contributed by atoms with Crippen molar-refractivity contribution >= 4 is 10.9 Å². The van der Waals surface area contributed by atoms with Crippen molar-refractivity contribution in [2.75, 3.05) is 39.5 Å². The van der Waals surface area contributed by atoms with Gasteiger partial charge in [0, 0.05) is 25.0 Å². The molecule has 0 unspecified atom stereocenters. The van der Waals surface area contributed by atoms with E-state index in [1.807, 2.05) is 24.3 Å². The SMILES string of the molecule is c1ccc2ncc(OCCN3CCOCC3)cc2c1. The number of hydrogen-bond donors (Lipinski definition) is 0. The quantitative estimate of drug-likeness (QED) is 0.839. The second-order valence-corrected chi connectivity index (χ2v) is 4.67. The molecule has 1 aliphatic rings. The van der Waals surface area contributed by atoms with Crippen LogP contribution in [0, 0.1) is 0 Å². The van der Waals surface area contributed by atoms with E-state index in [2.05, 4.69) is 16.0 Å². The maximum Gasteiger partial charge on any atom is 0.138 e. The van der Waals surface area contributed by atoms with Crippen LogP contribution in [0.1, 0.15) is 0 Å². The Balaban J connectivity index is 1.56. The maximum atomic E-state index is 5.77. The summed E-state index contributed by atoms with van der Waals surface area (Å²) < 4.78 is 11.1. The fourth-order valence-electron chi connectivity index (χ4n) is 2.25. The predicted octanol–water partition coefficient (Wildman–Crippen LogP) is 1.95. The number of ether oxygens (including phenoxy) is 2. The molecule has 0 radical (unpaired) electrons. The minimum Gasteiger partial charge on any atom is -0.491 e. The second-order valence-electron chi connectivity index (χ2n) is 4.67. The molecule has 4 nitrogen and oxygen atoms in total. The number of nitrogens with zero attached hydrogens (tertiary/aromatic N) is 2. The summed E-state index contributed by atoms with van der Waals surface area (Å²) in [6.07, 6.45) is 1.79. The Morgan fingerprint density at radius 1 is 1.21 bits per heavy atom. The van der Waals surface area contributed by atoms with Crippen molar-refractivity contribution in [1.29, 1.82) is 0 Å². The van der Waals surface area contributed by atoms with E-state index in [1.165, 1.54) is 0 Å². The smallest absolute Gasteiger partial charge is 0.138 e. The van der Waals surface area contributed by atoms with Gasteiger partial charge in [-0.1, -0.05) is 18.2 Å². The molecule has 3 rings (SSSR count). The van der Waals surface area contributed by atoms with Crippen molar-refractivity contribution in [3.8, 4) is 5.75 Å². The second kappa shape index (κ2) is 5.99. The summed E-state index contributed by atoms with van der Waals surface area (Å²) in [4.78, 5) is 6.75. The summed E-state index contributed by atoms with van der Waals surface area (Å²) in [5.74, 6) is 0.840. The maximum absolute atomic E-state index is 5.77. The summed E-state index contributed by atoms with van der Waals surface area (Å²) in [6.45, 7) is 5.30. The molecule has 0 bridgehead atoms. The molecule has 1 aromatic carbocycles. The van der Waals surface area contributed by atoms with Gasteiger partial charge in [-0.15, -0.1) is 0 Å². The molecular formula is C15H18N2O2. The molecular weight excluding hydrogens is 240 g/mol. The van der Waals surface area contributed by atoms with Gasteiger partial charge in [-0.2, -0.15) is 0 Å². The fourth-order valence-corrected chi connectivity index (χ4v) is 2.25. The van der Waals surface area contributed by atoms with E-state index < -0.39 is 0 Å². The highest BCUT2D eigenvalue weighted by Gasteiger charge is 2.09. The van der Waals surface area contributed by atoms with Gasteiger partial charge in [0.1, 0.15) is 12.4 Å². The molecule has 4 heteroatoms. The molecule has 0 saturated carbocycles. The van der Waals surface area contributed by atoms with Gasteiger partial charge in [-0.3, -0.25) is 9.88 Å². The van der Waals surface area contributed by atoms with Gasteiger partial charge < -0.3 is 9.47 Å². The first-order chi connectivity index (χ1) is 9.42. The van der Waals surface area contributed by atoms with Crippen molar-refractivity contribution in [3.63, 3.8) is 0 Å². The number of morpholine rings is 1. The number of hydrogen-bond acceptors (Lipinski definition) is 4. The lowest BCUT2D eigenvalue weighted by atomic mass is 10.2. The van der Waals surface area contributed by atoms with E-state index in [-0.39, 0.29) is 0 Å². The van der Waals surface area contributed by atoms with E-state index in [0.29, 0.717) is 6.61 Å². The van der Waals surface area contributed by atoms with Crippen LogP contribution in [0.4, 0.5) is 0 Å². The number of para-hydroxylation sites is 1. The van der Waals surface area contributed by atoms with Crippen LogP contribution in [0.25, 0.3) is 10.9 Å². The number of pyridine rings is 1. The van der Waals surface area contributed by atoms with Gasteiger partial charge in [0.15, 0.2) is 0 Å². The summed E-state index contributed by atoms with van der Waals surface area (Å²) in [7, 11) is 0. The number of aromatic nitrogens is 1. The first-order valence-electron chi connectivity index (χ1n) is 6.69. The van der Waals surface area contributed by atoms with Crippen molar-refractivity contribution in [2.24, 2.45) is 0 Å². The molecule has 1 saturated heterocycles. The van der Waals surface area contributed by atoms with Gasteiger partial charge in [0.25, 0.3) is 0 Å². The molecule has 1 fully saturated rings. The van der Waals surface area contributed by atoms with Crippen LogP contribution in [0.2, 0.25) is 0 Å². The van der Waals surface area contributed by atoms with Crippen LogP contribution in [0.3, 0.4) is 0 Å². The number of rotatable bonds is 4. The summed E-state index contributed by atoms with van der Waals surface area (Å²) in [6, 6.07) is 10.1. The monoisotopic (exact) mass is 258 g/mol. The Morgan fingerprint density at radius 3 is 2.95 bits per heavy atom. The third-order valence-corrected chi connectivity index (χ3v) is 3.35. The van der Waals surface area contributed by atoms with E-state index in [4.69, 9.17) is 9.47 Å². The zero-order valence-corrected chi connectivity index (χ0v) is 10.9. The Hall–Kier alpha value is -1.65. The minimum absolute atomic E-state index is 0.694. The van der Waals surface area contributed by atoms with E-state index in [0.717, 1.165) is 49.5 Å². The van der Waals surface area contributed by atoms with Crippen LogP contribution in [-0.4, -0.2) is 49.3 Å². The van der Waals surface area contributed by atoms with Crippen molar-refractivity contribution in [1.82, 2.24) is 9.88 Å². The highest BCUT2D eigenvalue weighted by atomic mass is 16.5. The first-order valence-corrected chi connectivity index (χ1v) is 6.69. The molecule has 19 heavy (non-hydrogen) atoms. The standard InChI is InChI=1S/C15H18N2O2/c1-2-4-15-13(3-1)11-14(12-16-15)19-10-7-17-5-8-18-9-6-17/h1-4,11-12H,5-10H2. The Kier molecular flexibility index (Phi) is 3.91. The molecule has 1 aliphatic heterocycles. The molecule has 2 aromatic rings. The zero-order valence-electron chi connectivity index (χ0n) is 10.9. The first kappa shape index (κ1) is 12.4. The molecule has 2 heterocycles. The molecule has 0 amide bonds. The lowest BCUT2D eigenvalue weighted by molar-refractivity contribution is 0.0322. The van der Waals surface area contributed by atoms with Crippen molar-refractivity contribution in [3.05, 3.63) is 36.5 Å². The Bertz CT molecular complexity index is 538. The number of benzene rings is 1. The van der Waals surface area contributed by atoms with Gasteiger partial charge in [0.05, 0.1) is 24.9 Å².